The molecule has 1 aliphatic heterocycles. The van der Waals surface area contributed by atoms with Gasteiger partial charge in [0.25, 0.3) is 0 Å². The summed E-state index contributed by atoms with van der Waals surface area (Å²) in [5, 5.41) is 11.8. The highest BCUT2D eigenvalue weighted by atomic mass is 32.2. The molecule has 3 aromatic rings. The van der Waals surface area contributed by atoms with E-state index in [2.05, 4.69) is 15.5 Å². The number of ether oxygens (including phenoxy) is 3. The molecule has 31 heavy (non-hydrogen) atoms. The third-order valence-corrected chi connectivity index (χ3v) is 5.93. The van der Waals surface area contributed by atoms with Crippen molar-refractivity contribution in [2.75, 3.05) is 12.1 Å². The normalized spacial score (nSPS) is 13.1. The number of fused-ring (bicyclic) bond motifs is 1. The minimum Gasteiger partial charge on any atom is -0.485 e. The number of anilines is 1. The molecule has 1 unspecified atom stereocenters. The summed E-state index contributed by atoms with van der Waals surface area (Å²) in [5.41, 5.74) is 1.72. The minimum atomic E-state index is -0.370. The first-order chi connectivity index (χ1) is 15.0. The van der Waals surface area contributed by atoms with Crippen LogP contribution >= 0.6 is 11.8 Å². The van der Waals surface area contributed by atoms with Gasteiger partial charge in [0.05, 0.1) is 5.25 Å². The lowest BCUT2D eigenvalue weighted by Gasteiger charge is -2.13. The molecule has 0 spiro atoms. The van der Waals surface area contributed by atoms with Crippen LogP contribution in [0.15, 0.2) is 47.6 Å². The van der Waals surface area contributed by atoms with E-state index in [-0.39, 0.29) is 18.0 Å². The van der Waals surface area contributed by atoms with Crippen LogP contribution in [0, 0.1) is 6.92 Å². The summed E-state index contributed by atoms with van der Waals surface area (Å²) in [6.45, 7) is 7.04. The number of para-hydroxylation sites is 1. The van der Waals surface area contributed by atoms with Crippen molar-refractivity contribution in [3.63, 3.8) is 0 Å². The van der Waals surface area contributed by atoms with Gasteiger partial charge in [-0.05, 0) is 44.5 Å². The maximum atomic E-state index is 12.7. The average molecular weight is 441 g/mol. The summed E-state index contributed by atoms with van der Waals surface area (Å²) in [6.07, 6.45) is 0. The van der Waals surface area contributed by atoms with E-state index in [9.17, 15) is 4.79 Å². The molecule has 0 bridgehead atoms. The van der Waals surface area contributed by atoms with Crippen LogP contribution in [0.5, 0.6) is 17.2 Å². The molecule has 2 aromatic carbocycles. The molecule has 9 heteroatoms. The second kappa shape index (κ2) is 9.30. The molecule has 1 aromatic heterocycles. The lowest BCUT2D eigenvalue weighted by Crippen LogP contribution is -2.23. The zero-order valence-electron chi connectivity index (χ0n) is 17.6. The van der Waals surface area contributed by atoms with E-state index < -0.39 is 0 Å². The fourth-order valence-corrected chi connectivity index (χ4v) is 4.05. The number of rotatable bonds is 8. The Hall–Kier alpha value is -3.20. The Morgan fingerprint density at radius 3 is 2.84 bits per heavy atom. The van der Waals surface area contributed by atoms with Crippen LogP contribution in [0.2, 0.25) is 0 Å². The quantitative estimate of drug-likeness (QED) is 0.529. The number of nitrogens with zero attached hydrogens (tertiary/aromatic N) is 3. The van der Waals surface area contributed by atoms with Gasteiger partial charge in [-0.15, -0.1) is 10.2 Å². The third-order valence-electron chi connectivity index (χ3n) is 4.85. The number of hydrogen-bond donors (Lipinski definition) is 1. The first kappa shape index (κ1) is 21.0. The van der Waals surface area contributed by atoms with Crippen molar-refractivity contribution in [1.82, 2.24) is 14.8 Å². The van der Waals surface area contributed by atoms with Crippen molar-refractivity contribution in [2.24, 2.45) is 0 Å². The van der Waals surface area contributed by atoms with Crippen LogP contribution in [0.1, 0.15) is 25.2 Å². The lowest BCUT2D eigenvalue weighted by molar-refractivity contribution is -0.115. The van der Waals surface area contributed by atoms with Gasteiger partial charge >= 0.3 is 0 Å². The summed E-state index contributed by atoms with van der Waals surface area (Å²) in [5.74, 6) is 2.71. The van der Waals surface area contributed by atoms with E-state index in [1.54, 1.807) is 18.2 Å². The van der Waals surface area contributed by atoms with Crippen LogP contribution in [-0.4, -0.2) is 32.7 Å². The molecular weight excluding hydrogens is 416 g/mol. The molecule has 0 fully saturated rings. The Bertz CT molecular complexity index is 1090. The Kier molecular flexibility index (Phi) is 6.31. The van der Waals surface area contributed by atoms with Gasteiger partial charge in [-0.2, -0.15) is 0 Å². The number of benzene rings is 2. The molecule has 0 saturated heterocycles. The van der Waals surface area contributed by atoms with Crippen LogP contribution in [-0.2, 0) is 17.9 Å². The second-order valence-corrected chi connectivity index (χ2v) is 8.32. The van der Waals surface area contributed by atoms with Gasteiger partial charge in [-0.1, -0.05) is 30.0 Å². The summed E-state index contributed by atoms with van der Waals surface area (Å²) in [4.78, 5) is 12.7. The zero-order chi connectivity index (χ0) is 21.8. The topological polar surface area (TPSA) is 87.5 Å². The van der Waals surface area contributed by atoms with Gasteiger partial charge in [-0.25, -0.2) is 0 Å². The summed E-state index contributed by atoms with van der Waals surface area (Å²) in [7, 11) is 0. The number of nitrogens with one attached hydrogen (secondary N) is 1. The van der Waals surface area contributed by atoms with Crippen LogP contribution in [0.3, 0.4) is 0 Å². The standard InChI is InChI=1S/C22H24N4O4S/c1-4-26-20(12-28-17-8-6-5-7-14(17)2)24-25-22(26)31-15(3)21(27)23-16-9-10-18-19(11-16)30-13-29-18/h5-11,15H,4,12-13H2,1-3H3,(H,23,27). The van der Waals surface area contributed by atoms with Crippen LogP contribution < -0.4 is 19.5 Å². The Morgan fingerprint density at radius 2 is 2.03 bits per heavy atom. The predicted octanol–water partition coefficient (Wildman–Crippen LogP) is 4.03. The first-order valence-corrected chi connectivity index (χ1v) is 10.9. The highest BCUT2D eigenvalue weighted by molar-refractivity contribution is 8.00. The predicted molar refractivity (Wildman–Crippen MR) is 118 cm³/mol. The smallest absolute Gasteiger partial charge is 0.237 e. The van der Waals surface area contributed by atoms with Gasteiger partial charge in [0.1, 0.15) is 12.4 Å². The maximum absolute atomic E-state index is 12.7. The van der Waals surface area contributed by atoms with Crippen molar-refractivity contribution in [3.05, 3.63) is 53.9 Å². The van der Waals surface area contributed by atoms with Gasteiger partial charge in [-0.3, -0.25) is 4.79 Å². The van der Waals surface area contributed by atoms with E-state index in [1.807, 2.05) is 49.6 Å². The number of carbonyl (C=O) groups is 1. The SMILES string of the molecule is CCn1c(COc2ccccc2C)nnc1SC(C)C(=O)Nc1ccc2c(c1)OCO2. The molecule has 0 saturated carbocycles. The summed E-state index contributed by atoms with van der Waals surface area (Å²) >= 11 is 1.36. The molecule has 1 aliphatic rings. The third kappa shape index (κ3) is 4.77. The molecule has 2 heterocycles. The molecule has 0 aliphatic carbocycles. The Balaban J connectivity index is 1.39. The molecular formula is C22H24N4O4S. The number of carbonyl (C=O) groups excluding carboxylic acids is 1. The van der Waals surface area contributed by atoms with E-state index in [0.717, 1.165) is 17.1 Å². The molecule has 8 nitrogen and oxygen atoms in total. The highest BCUT2D eigenvalue weighted by Gasteiger charge is 2.21. The van der Waals surface area contributed by atoms with Crippen molar-refractivity contribution >= 4 is 23.4 Å². The number of aryl methyl sites for hydroxylation is 1. The molecule has 162 valence electrons. The van der Waals surface area contributed by atoms with Gasteiger partial charge in [0, 0.05) is 18.3 Å². The fourth-order valence-electron chi connectivity index (χ4n) is 3.12. The average Bonchev–Trinajstić information content (AvgIpc) is 3.39. The maximum Gasteiger partial charge on any atom is 0.237 e. The van der Waals surface area contributed by atoms with Crippen LogP contribution in [0.25, 0.3) is 0 Å². The van der Waals surface area contributed by atoms with E-state index in [1.165, 1.54) is 11.8 Å². The summed E-state index contributed by atoms with van der Waals surface area (Å²) in [6, 6.07) is 13.2. The lowest BCUT2D eigenvalue weighted by atomic mass is 10.2. The van der Waals surface area contributed by atoms with Gasteiger partial charge < -0.3 is 24.1 Å². The molecule has 0 radical (unpaired) electrons. The first-order valence-electron chi connectivity index (χ1n) is 10.0. The number of aromatic nitrogens is 3. The monoisotopic (exact) mass is 440 g/mol. The Labute approximate surface area is 184 Å². The molecule has 1 atom stereocenters. The number of thioether (sulfide) groups is 1. The number of amides is 1. The van der Waals surface area contributed by atoms with Crippen LogP contribution in [0.4, 0.5) is 5.69 Å². The fraction of sp³-hybridized carbons (Fsp3) is 0.318. The largest absolute Gasteiger partial charge is 0.485 e. The highest BCUT2D eigenvalue weighted by Crippen LogP contribution is 2.34. The zero-order valence-corrected chi connectivity index (χ0v) is 18.4. The molecule has 4 rings (SSSR count). The van der Waals surface area contributed by atoms with Gasteiger partial charge in [0.15, 0.2) is 22.5 Å². The minimum absolute atomic E-state index is 0.132. The number of hydrogen-bond acceptors (Lipinski definition) is 7. The van der Waals surface area contributed by atoms with Crippen molar-refractivity contribution in [2.45, 2.75) is 44.3 Å². The molecule has 1 N–H and O–H groups in total. The van der Waals surface area contributed by atoms with E-state index in [0.29, 0.717) is 35.5 Å². The van der Waals surface area contributed by atoms with Crippen molar-refractivity contribution in [3.8, 4) is 17.2 Å². The molecule has 1 amide bonds. The van der Waals surface area contributed by atoms with Crippen molar-refractivity contribution < 1.29 is 19.0 Å². The van der Waals surface area contributed by atoms with E-state index in [4.69, 9.17) is 14.2 Å². The van der Waals surface area contributed by atoms with Gasteiger partial charge in [0.2, 0.25) is 12.7 Å². The van der Waals surface area contributed by atoms with Crippen molar-refractivity contribution in [1.29, 1.82) is 0 Å². The Morgan fingerprint density at radius 1 is 1.23 bits per heavy atom. The second-order valence-electron chi connectivity index (χ2n) is 7.01. The summed E-state index contributed by atoms with van der Waals surface area (Å²) < 4.78 is 18.5. The van der Waals surface area contributed by atoms with E-state index >= 15 is 0 Å².